The molecule has 102 valence electrons. The van der Waals surface area contributed by atoms with Gasteiger partial charge >= 0.3 is 11.9 Å². The van der Waals surface area contributed by atoms with E-state index in [1.807, 2.05) is 0 Å². The second kappa shape index (κ2) is 5.48. The van der Waals surface area contributed by atoms with E-state index < -0.39 is 17.8 Å². The number of carbonyl (C=O) groups is 2. The third-order valence-electron chi connectivity index (χ3n) is 2.67. The summed E-state index contributed by atoms with van der Waals surface area (Å²) in [5.41, 5.74) is 0.370. The SMILES string of the molecule is COC(=O)c1ccc(-c2cc(C(=O)O)ccn2)c(F)c1. The lowest BCUT2D eigenvalue weighted by atomic mass is 10.1. The molecule has 0 radical (unpaired) electrons. The van der Waals surface area contributed by atoms with Gasteiger partial charge in [-0.05, 0) is 30.3 Å². The first-order chi connectivity index (χ1) is 9.52. The number of hydrogen-bond donors (Lipinski definition) is 1. The number of halogens is 1. The molecule has 1 heterocycles. The molecule has 2 rings (SSSR count). The summed E-state index contributed by atoms with van der Waals surface area (Å²) < 4.78 is 18.5. The number of pyridine rings is 1. The van der Waals surface area contributed by atoms with Crippen molar-refractivity contribution in [2.75, 3.05) is 7.11 Å². The van der Waals surface area contributed by atoms with Crippen molar-refractivity contribution < 1.29 is 23.8 Å². The Morgan fingerprint density at radius 1 is 1.20 bits per heavy atom. The van der Waals surface area contributed by atoms with E-state index in [1.165, 1.54) is 37.6 Å². The topological polar surface area (TPSA) is 76.5 Å². The van der Waals surface area contributed by atoms with Crippen LogP contribution in [0.25, 0.3) is 11.3 Å². The average Bonchev–Trinajstić information content (AvgIpc) is 2.46. The fraction of sp³-hybridized carbons (Fsp3) is 0.0714. The molecule has 6 heteroatoms. The monoisotopic (exact) mass is 275 g/mol. The zero-order valence-corrected chi connectivity index (χ0v) is 10.5. The highest BCUT2D eigenvalue weighted by Gasteiger charge is 2.13. The van der Waals surface area contributed by atoms with Crippen LogP contribution in [-0.2, 0) is 4.74 Å². The first kappa shape index (κ1) is 13.7. The van der Waals surface area contributed by atoms with Gasteiger partial charge in [-0.2, -0.15) is 0 Å². The molecule has 1 aromatic carbocycles. The van der Waals surface area contributed by atoms with Gasteiger partial charge in [-0.3, -0.25) is 4.98 Å². The molecule has 0 saturated carbocycles. The first-order valence-corrected chi connectivity index (χ1v) is 5.60. The highest BCUT2D eigenvalue weighted by Crippen LogP contribution is 2.23. The number of hydrogen-bond acceptors (Lipinski definition) is 4. The van der Waals surface area contributed by atoms with Gasteiger partial charge < -0.3 is 9.84 Å². The largest absolute Gasteiger partial charge is 0.478 e. The van der Waals surface area contributed by atoms with Crippen LogP contribution in [0, 0.1) is 5.82 Å². The molecular formula is C14H10FNO4. The van der Waals surface area contributed by atoms with E-state index in [1.54, 1.807) is 0 Å². The maximum absolute atomic E-state index is 14.0. The number of ether oxygens (including phenoxy) is 1. The molecule has 2 aromatic rings. The van der Waals surface area contributed by atoms with E-state index in [4.69, 9.17) is 5.11 Å². The summed E-state index contributed by atoms with van der Waals surface area (Å²) in [4.78, 5) is 26.1. The maximum atomic E-state index is 14.0. The van der Waals surface area contributed by atoms with Crippen LogP contribution in [0.2, 0.25) is 0 Å². The number of methoxy groups -OCH3 is 1. The molecule has 0 saturated heterocycles. The molecule has 1 aromatic heterocycles. The molecular weight excluding hydrogens is 265 g/mol. The van der Waals surface area contributed by atoms with Gasteiger partial charge in [0.05, 0.1) is 23.9 Å². The summed E-state index contributed by atoms with van der Waals surface area (Å²) in [5, 5.41) is 8.89. The highest BCUT2D eigenvalue weighted by atomic mass is 19.1. The predicted octanol–water partition coefficient (Wildman–Crippen LogP) is 2.37. The van der Waals surface area contributed by atoms with E-state index in [0.29, 0.717) is 0 Å². The highest BCUT2D eigenvalue weighted by molar-refractivity contribution is 5.91. The third kappa shape index (κ3) is 2.64. The van der Waals surface area contributed by atoms with Gasteiger partial charge in [-0.15, -0.1) is 0 Å². The molecule has 0 aliphatic heterocycles. The van der Waals surface area contributed by atoms with Crippen LogP contribution in [0.15, 0.2) is 36.5 Å². The van der Waals surface area contributed by atoms with Gasteiger partial charge in [0, 0.05) is 11.8 Å². The number of carboxylic acids is 1. The van der Waals surface area contributed by atoms with Crippen LogP contribution >= 0.6 is 0 Å². The van der Waals surface area contributed by atoms with Gasteiger partial charge in [-0.25, -0.2) is 14.0 Å². The molecule has 0 amide bonds. The Morgan fingerprint density at radius 3 is 2.55 bits per heavy atom. The number of aromatic carboxylic acids is 1. The smallest absolute Gasteiger partial charge is 0.337 e. The summed E-state index contributed by atoms with van der Waals surface area (Å²) >= 11 is 0. The van der Waals surface area contributed by atoms with Gasteiger partial charge in [0.25, 0.3) is 0 Å². The molecule has 0 unspecified atom stereocenters. The van der Waals surface area contributed by atoms with Gasteiger partial charge in [0.15, 0.2) is 0 Å². The predicted molar refractivity (Wildman–Crippen MR) is 67.9 cm³/mol. The lowest BCUT2D eigenvalue weighted by Gasteiger charge is -2.05. The molecule has 0 atom stereocenters. The summed E-state index contributed by atoms with van der Waals surface area (Å²) in [6.07, 6.45) is 1.28. The number of nitrogens with zero attached hydrogens (tertiary/aromatic N) is 1. The van der Waals surface area contributed by atoms with E-state index in [2.05, 4.69) is 9.72 Å². The zero-order chi connectivity index (χ0) is 14.7. The minimum Gasteiger partial charge on any atom is -0.478 e. The van der Waals surface area contributed by atoms with Crippen LogP contribution in [0.4, 0.5) is 4.39 Å². The number of aromatic nitrogens is 1. The molecule has 0 aliphatic rings. The summed E-state index contributed by atoms with van der Waals surface area (Å²) in [6, 6.07) is 6.34. The Morgan fingerprint density at radius 2 is 1.95 bits per heavy atom. The second-order valence-electron chi connectivity index (χ2n) is 3.92. The van der Waals surface area contributed by atoms with Crippen molar-refractivity contribution in [3.05, 3.63) is 53.5 Å². The standard InChI is InChI=1S/C14H10FNO4/c1-20-14(19)9-2-3-10(11(15)6-9)12-7-8(13(17)18)4-5-16-12/h2-7H,1H3,(H,17,18). The van der Waals surface area contributed by atoms with E-state index in [-0.39, 0.29) is 22.4 Å². The number of benzene rings is 1. The average molecular weight is 275 g/mol. The fourth-order valence-electron chi connectivity index (χ4n) is 1.68. The Balaban J connectivity index is 2.46. The van der Waals surface area contributed by atoms with Gasteiger partial charge in [0.1, 0.15) is 5.82 Å². The van der Waals surface area contributed by atoms with Crippen LogP contribution < -0.4 is 0 Å². The Kier molecular flexibility index (Phi) is 3.74. The Hall–Kier alpha value is -2.76. The first-order valence-electron chi connectivity index (χ1n) is 5.60. The number of carbonyl (C=O) groups excluding carboxylic acids is 1. The van der Waals surface area contributed by atoms with Gasteiger partial charge in [0.2, 0.25) is 0 Å². The zero-order valence-electron chi connectivity index (χ0n) is 10.5. The summed E-state index contributed by atoms with van der Waals surface area (Å²) in [5.74, 6) is -2.45. The molecule has 1 N–H and O–H groups in total. The number of carboxylic acid groups (broad SMARTS) is 1. The Labute approximate surface area is 113 Å². The normalized spacial score (nSPS) is 10.1. The van der Waals surface area contributed by atoms with Gasteiger partial charge in [-0.1, -0.05) is 0 Å². The maximum Gasteiger partial charge on any atom is 0.337 e. The number of esters is 1. The number of rotatable bonds is 3. The van der Waals surface area contributed by atoms with Crippen molar-refractivity contribution >= 4 is 11.9 Å². The summed E-state index contributed by atoms with van der Waals surface area (Å²) in [6.45, 7) is 0. The van der Waals surface area contributed by atoms with Crippen molar-refractivity contribution in [2.24, 2.45) is 0 Å². The van der Waals surface area contributed by atoms with E-state index in [0.717, 1.165) is 6.07 Å². The molecule has 0 fully saturated rings. The minimum absolute atomic E-state index is 0.00597. The van der Waals surface area contributed by atoms with Crippen molar-refractivity contribution in [3.8, 4) is 11.3 Å². The molecule has 0 spiro atoms. The molecule has 20 heavy (non-hydrogen) atoms. The Bertz CT molecular complexity index is 685. The van der Waals surface area contributed by atoms with Crippen LogP contribution in [0.1, 0.15) is 20.7 Å². The van der Waals surface area contributed by atoms with Crippen LogP contribution in [0.3, 0.4) is 0 Å². The third-order valence-corrected chi connectivity index (χ3v) is 2.67. The molecule has 5 nitrogen and oxygen atoms in total. The minimum atomic E-state index is -1.12. The lowest BCUT2D eigenvalue weighted by Crippen LogP contribution is -2.02. The van der Waals surface area contributed by atoms with E-state index >= 15 is 0 Å². The second-order valence-corrected chi connectivity index (χ2v) is 3.92. The lowest BCUT2D eigenvalue weighted by molar-refractivity contribution is 0.0599. The quantitative estimate of drug-likeness (QED) is 0.870. The van der Waals surface area contributed by atoms with Crippen LogP contribution in [0.5, 0.6) is 0 Å². The molecule has 0 aliphatic carbocycles. The van der Waals surface area contributed by atoms with E-state index in [9.17, 15) is 14.0 Å². The molecule has 0 bridgehead atoms. The fourth-order valence-corrected chi connectivity index (χ4v) is 1.68. The summed E-state index contributed by atoms with van der Waals surface area (Å²) in [7, 11) is 1.20. The van der Waals surface area contributed by atoms with Crippen molar-refractivity contribution in [3.63, 3.8) is 0 Å². The van der Waals surface area contributed by atoms with Crippen molar-refractivity contribution in [2.45, 2.75) is 0 Å². The van der Waals surface area contributed by atoms with Crippen LogP contribution in [-0.4, -0.2) is 29.1 Å². The van der Waals surface area contributed by atoms with Crippen molar-refractivity contribution in [1.82, 2.24) is 4.98 Å². The van der Waals surface area contributed by atoms with Crippen molar-refractivity contribution in [1.29, 1.82) is 0 Å².